The molecule has 2 fully saturated rings. The first-order valence-electron chi connectivity index (χ1n) is 13.2. The summed E-state index contributed by atoms with van der Waals surface area (Å²) in [5.41, 5.74) is 4.01. The third kappa shape index (κ3) is 5.04. The summed E-state index contributed by atoms with van der Waals surface area (Å²) in [5, 5.41) is 18.0. The fraction of sp³-hybridized carbons (Fsp3) is 0.519. The van der Waals surface area contributed by atoms with Crippen LogP contribution in [0.15, 0.2) is 40.9 Å². The standard InChI is InChI=1S/C27H34N6O2S/c34-14-15-36-31-22-5-6-23-24(17-22)32-12-8-19(9-13-32)3-4-20-2-1-11-33(18-20)25-16-21(7-10-28-25)26-29-30-27(23)35-26/h5-7,10,16-17,19-20,31,34H,1-4,8-9,11-15,18H2. The molecule has 3 aromatic rings. The molecule has 4 aliphatic heterocycles. The van der Waals surface area contributed by atoms with Crippen LogP contribution in [-0.2, 0) is 0 Å². The van der Waals surface area contributed by atoms with Crippen LogP contribution >= 0.6 is 11.9 Å². The highest BCUT2D eigenvalue weighted by Crippen LogP contribution is 2.38. The number of pyridine rings is 1. The van der Waals surface area contributed by atoms with Crippen molar-refractivity contribution in [3.05, 3.63) is 36.5 Å². The maximum atomic E-state index is 9.15. The second kappa shape index (κ2) is 10.7. The van der Waals surface area contributed by atoms with Gasteiger partial charge in [0.2, 0.25) is 11.8 Å². The Morgan fingerprint density at radius 3 is 2.69 bits per heavy atom. The third-order valence-corrected chi connectivity index (χ3v) is 8.58. The van der Waals surface area contributed by atoms with E-state index >= 15 is 0 Å². The molecule has 0 saturated carbocycles. The number of benzene rings is 1. The molecule has 7 rings (SSSR count). The molecule has 9 heteroatoms. The average Bonchev–Trinajstić information content (AvgIpc) is 3.42. The minimum atomic E-state index is 0.149. The molecule has 6 heterocycles. The normalized spacial score (nSPS) is 21.7. The summed E-state index contributed by atoms with van der Waals surface area (Å²) in [4.78, 5) is 9.61. The quantitative estimate of drug-likeness (QED) is 0.371. The molecule has 2 N–H and O–H groups in total. The number of aliphatic hydroxyl groups is 1. The number of rotatable bonds is 4. The van der Waals surface area contributed by atoms with Crippen molar-refractivity contribution in [1.29, 1.82) is 0 Å². The van der Waals surface area contributed by atoms with Gasteiger partial charge in [-0.3, -0.25) is 0 Å². The fourth-order valence-corrected chi connectivity index (χ4v) is 6.32. The van der Waals surface area contributed by atoms with Crippen LogP contribution in [-0.4, -0.2) is 58.8 Å². The van der Waals surface area contributed by atoms with Gasteiger partial charge in [-0.1, -0.05) is 11.9 Å². The minimum absolute atomic E-state index is 0.149. The summed E-state index contributed by atoms with van der Waals surface area (Å²) in [6, 6.07) is 10.3. The van der Waals surface area contributed by atoms with E-state index in [0.717, 1.165) is 66.3 Å². The van der Waals surface area contributed by atoms with Crippen LogP contribution in [0.3, 0.4) is 0 Å². The number of fused-ring (bicyclic) bond motifs is 3. The van der Waals surface area contributed by atoms with Crippen molar-refractivity contribution < 1.29 is 9.52 Å². The van der Waals surface area contributed by atoms with E-state index in [0.29, 0.717) is 17.5 Å². The molecule has 8 bridgehead atoms. The molecule has 36 heavy (non-hydrogen) atoms. The lowest BCUT2D eigenvalue weighted by Gasteiger charge is -2.37. The number of nitrogens with zero attached hydrogens (tertiary/aromatic N) is 5. The molecule has 1 atom stereocenters. The Hall–Kier alpha value is -2.78. The molecule has 0 amide bonds. The van der Waals surface area contributed by atoms with Crippen molar-refractivity contribution in [2.75, 3.05) is 53.1 Å². The van der Waals surface area contributed by atoms with Gasteiger partial charge in [0.05, 0.1) is 17.9 Å². The van der Waals surface area contributed by atoms with Gasteiger partial charge in [0, 0.05) is 49.4 Å². The molecule has 1 aromatic carbocycles. The number of aromatic nitrogens is 3. The van der Waals surface area contributed by atoms with Crippen LogP contribution in [0.4, 0.5) is 17.2 Å². The average molecular weight is 507 g/mol. The summed E-state index contributed by atoms with van der Waals surface area (Å²) in [6.45, 7) is 4.36. The molecule has 0 aliphatic carbocycles. The van der Waals surface area contributed by atoms with Gasteiger partial charge in [0.15, 0.2) is 0 Å². The molecule has 0 radical (unpaired) electrons. The van der Waals surface area contributed by atoms with E-state index in [-0.39, 0.29) is 6.61 Å². The molecule has 2 aromatic heterocycles. The minimum Gasteiger partial charge on any atom is -0.416 e. The lowest BCUT2D eigenvalue weighted by atomic mass is 9.85. The van der Waals surface area contributed by atoms with E-state index in [1.807, 2.05) is 18.3 Å². The van der Waals surface area contributed by atoms with E-state index in [1.165, 1.54) is 50.5 Å². The number of hydrogen-bond donors (Lipinski definition) is 2. The zero-order chi connectivity index (χ0) is 24.3. The monoisotopic (exact) mass is 506 g/mol. The predicted molar refractivity (Wildman–Crippen MR) is 145 cm³/mol. The van der Waals surface area contributed by atoms with E-state index in [9.17, 15) is 0 Å². The number of aliphatic hydroxyl groups excluding tert-OH is 1. The Labute approximate surface area is 216 Å². The molecule has 4 aliphatic rings. The van der Waals surface area contributed by atoms with E-state index in [2.05, 4.69) is 42.9 Å². The lowest BCUT2D eigenvalue weighted by molar-refractivity contribution is 0.312. The Balaban J connectivity index is 1.38. The van der Waals surface area contributed by atoms with Gasteiger partial charge in [-0.05, 0) is 80.7 Å². The van der Waals surface area contributed by atoms with Crippen LogP contribution in [0, 0.1) is 11.8 Å². The largest absolute Gasteiger partial charge is 0.416 e. The first-order chi connectivity index (χ1) is 17.8. The van der Waals surface area contributed by atoms with Gasteiger partial charge in [0.25, 0.3) is 0 Å². The fourth-order valence-electron chi connectivity index (χ4n) is 5.83. The Kier molecular flexibility index (Phi) is 7.01. The zero-order valence-electron chi connectivity index (χ0n) is 20.6. The van der Waals surface area contributed by atoms with Crippen molar-refractivity contribution in [2.45, 2.75) is 38.5 Å². The van der Waals surface area contributed by atoms with Gasteiger partial charge in [-0.15, -0.1) is 10.2 Å². The molecule has 0 spiro atoms. The molecular formula is C27H34N6O2S. The summed E-state index contributed by atoms with van der Waals surface area (Å²) in [5.74, 6) is 4.23. The van der Waals surface area contributed by atoms with Crippen LogP contribution in [0.5, 0.6) is 0 Å². The third-order valence-electron chi connectivity index (χ3n) is 7.81. The van der Waals surface area contributed by atoms with Gasteiger partial charge in [-0.2, -0.15) is 0 Å². The summed E-state index contributed by atoms with van der Waals surface area (Å²) < 4.78 is 9.63. The predicted octanol–water partition coefficient (Wildman–Crippen LogP) is 5.08. The van der Waals surface area contributed by atoms with Crippen LogP contribution in [0.25, 0.3) is 22.9 Å². The van der Waals surface area contributed by atoms with Crippen molar-refractivity contribution in [1.82, 2.24) is 15.2 Å². The first-order valence-corrected chi connectivity index (χ1v) is 14.2. The number of anilines is 3. The summed E-state index contributed by atoms with van der Waals surface area (Å²) >= 11 is 1.51. The lowest BCUT2D eigenvalue weighted by Crippen LogP contribution is -2.37. The summed E-state index contributed by atoms with van der Waals surface area (Å²) in [7, 11) is 0. The first kappa shape index (κ1) is 23.6. The number of hydrogen-bond acceptors (Lipinski definition) is 9. The maximum Gasteiger partial charge on any atom is 0.250 e. The highest BCUT2D eigenvalue weighted by molar-refractivity contribution is 8.00. The molecular weight excluding hydrogens is 472 g/mol. The number of piperidine rings is 2. The van der Waals surface area contributed by atoms with Gasteiger partial charge in [-0.25, -0.2) is 4.98 Å². The Morgan fingerprint density at radius 2 is 1.81 bits per heavy atom. The second-order valence-corrected chi connectivity index (χ2v) is 11.1. The van der Waals surface area contributed by atoms with E-state index in [1.54, 1.807) is 0 Å². The number of nitrogens with one attached hydrogen (secondary N) is 1. The molecule has 190 valence electrons. The molecule has 8 nitrogen and oxygen atoms in total. The van der Waals surface area contributed by atoms with E-state index in [4.69, 9.17) is 14.5 Å². The van der Waals surface area contributed by atoms with Crippen molar-refractivity contribution in [2.24, 2.45) is 11.8 Å². The van der Waals surface area contributed by atoms with Crippen molar-refractivity contribution >= 4 is 29.1 Å². The van der Waals surface area contributed by atoms with Crippen LogP contribution in [0.1, 0.15) is 38.5 Å². The van der Waals surface area contributed by atoms with E-state index < -0.39 is 0 Å². The highest BCUT2D eigenvalue weighted by atomic mass is 32.2. The smallest absolute Gasteiger partial charge is 0.250 e. The van der Waals surface area contributed by atoms with Gasteiger partial charge in [0.1, 0.15) is 5.82 Å². The topological polar surface area (TPSA) is 90.6 Å². The maximum absolute atomic E-state index is 9.15. The summed E-state index contributed by atoms with van der Waals surface area (Å²) in [6.07, 6.45) is 9.45. The van der Waals surface area contributed by atoms with Crippen molar-refractivity contribution in [3.8, 4) is 22.9 Å². The van der Waals surface area contributed by atoms with Gasteiger partial charge >= 0.3 is 0 Å². The van der Waals surface area contributed by atoms with Crippen LogP contribution < -0.4 is 14.5 Å². The zero-order valence-corrected chi connectivity index (χ0v) is 21.4. The van der Waals surface area contributed by atoms with Gasteiger partial charge < -0.3 is 24.0 Å². The highest BCUT2D eigenvalue weighted by Gasteiger charge is 2.27. The Morgan fingerprint density at radius 1 is 0.944 bits per heavy atom. The van der Waals surface area contributed by atoms with Crippen LogP contribution in [0.2, 0.25) is 0 Å². The SMILES string of the molecule is OCCSNc1ccc2c(c1)N1CCC(CCC3CCCN(C3)c3cc(ccn3)-c3nnc-2o3)CC1. The second-order valence-electron chi connectivity index (χ2n) is 10.2. The Bertz CT molecular complexity index is 1180. The molecule has 2 saturated heterocycles. The van der Waals surface area contributed by atoms with Crippen molar-refractivity contribution in [3.63, 3.8) is 0 Å². The molecule has 1 unspecified atom stereocenters.